The molecule has 0 amide bonds. The minimum absolute atomic E-state index is 0.0452. The van der Waals surface area contributed by atoms with E-state index >= 15 is 0 Å². The van der Waals surface area contributed by atoms with Crippen molar-refractivity contribution in [3.8, 4) is 11.5 Å². The van der Waals surface area contributed by atoms with Gasteiger partial charge in [-0.2, -0.15) is 0 Å². The standard InChI is InChI=1S/C12H12N2O2/c13-11-6-3-9(7-12(11)16)14-8-1-4-10(15)5-2-8/h1-7,14-16H,13H2. The Morgan fingerprint density at radius 2 is 1.50 bits per heavy atom. The van der Waals surface area contributed by atoms with Crippen molar-refractivity contribution in [1.29, 1.82) is 0 Å². The van der Waals surface area contributed by atoms with Crippen LogP contribution in [-0.2, 0) is 0 Å². The number of phenolic OH excluding ortho intramolecular Hbond substituents is 2. The van der Waals surface area contributed by atoms with E-state index in [-0.39, 0.29) is 11.5 Å². The third-order valence-electron chi connectivity index (χ3n) is 2.19. The highest BCUT2D eigenvalue weighted by molar-refractivity contribution is 5.66. The zero-order valence-corrected chi connectivity index (χ0v) is 8.51. The quantitative estimate of drug-likeness (QED) is 0.353. The van der Waals surface area contributed by atoms with Gasteiger partial charge >= 0.3 is 0 Å². The van der Waals surface area contributed by atoms with Crippen LogP contribution in [0.15, 0.2) is 42.5 Å². The number of aromatic hydroxyl groups is 2. The Labute approximate surface area is 93.0 Å². The Morgan fingerprint density at radius 3 is 2.12 bits per heavy atom. The van der Waals surface area contributed by atoms with E-state index in [9.17, 15) is 5.11 Å². The van der Waals surface area contributed by atoms with Crippen molar-refractivity contribution < 1.29 is 10.2 Å². The minimum atomic E-state index is 0.0452. The summed E-state index contributed by atoms with van der Waals surface area (Å²) in [5.74, 6) is 0.259. The van der Waals surface area contributed by atoms with Crippen molar-refractivity contribution >= 4 is 17.1 Å². The Kier molecular flexibility index (Phi) is 2.55. The van der Waals surface area contributed by atoms with Gasteiger partial charge in [-0.1, -0.05) is 0 Å². The predicted octanol–water partition coefficient (Wildman–Crippen LogP) is 2.42. The molecule has 0 aliphatic carbocycles. The van der Waals surface area contributed by atoms with E-state index in [1.165, 1.54) is 0 Å². The third kappa shape index (κ3) is 2.17. The molecule has 0 fully saturated rings. The van der Waals surface area contributed by atoms with Crippen molar-refractivity contribution in [2.24, 2.45) is 0 Å². The number of nitrogen functional groups attached to an aromatic ring is 1. The summed E-state index contributed by atoms with van der Waals surface area (Å²) in [6.45, 7) is 0. The lowest BCUT2D eigenvalue weighted by Crippen LogP contribution is -1.91. The summed E-state index contributed by atoms with van der Waals surface area (Å²) in [5.41, 5.74) is 7.39. The molecule has 4 heteroatoms. The fourth-order valence-corrected chi connectivity index (χ4v) is 1.33. The summed E-state index contributed by atoms with van der Waals surface area (Å²) in [6.07, 6.45) is 0. The van der Waals surface area contributed by atoms with E-state index < -0.39 is 0 Å². The number of rotatable bonds is 2. The maximum atomic E-state index is 9.42. The molecule has 2 rings (SSSR count). The SMILES string of the molecule is Nc1ccc(Nc2ccc(O)cc2)cc1O. The average molecular weight is 216 g/mol. The van der Waals surface area contributed by atoms with E-state index in [0.29, 0.717) is 5.69 Å². The second kappa shape index (κ2) is 4.02. The Morgan fingerprint density at radius 1 is 0.875 bits per heavy atom. The molecular weight excluding hydrogens is 204 g/mol. The summed E-state index contributed by atoms with van der Waals surface area (Å²) in [7, 11) is 0. The van der Waals surface area contributed by atoms with Gasteiger partial charge in [-0.25, -0.2) is 0 Å². The summed E-state index contributed by atoms with van der Waals surface area (Å²) in [5, 5.41) is 21.6. The van der Waals surface area contributed by atoms with Gasteiger partial charge < -0.3 is 21.3 Å². The molecule has 82 valence electrons. The zero-order valence-electron chi connectivity index (χ0n) is 8.51. The van der Waals surface area contributed by atoms with Crippen LogP contribution in [-0.4, -0.2) is 10.2 Å². The van der Waals surface area contributed by atoms with E-state index in [1.807, 2.05) is 0 Å². The average Bonchev–Trinajstić information content (AvgIpc) is 2.27. The second-order valence-electron chi connectivity index (χ2n) is 3.45. The first kappa shape index (κ1) is 10.2. The van der Waals surface area contributed by atoms with Crippen LogP contribution < -0.4 is 11.1 Å². The normalized spacial score (nSPS) is 10.0. The number of benzene rings is 2. The summed E-state index contributed by atoms with van der Waals surface area (Å²) in [4.78, 5) is 0. The molecule has 0 unspecified atom stereocenters. The lowest BCUT2D eigenvalue weighted by molar-refractivity contribution is 0.475. The highest BCUT2D eigenvalue weighted by Gasteiger charge is 1.99. The van der Waals surface area contributed by atoms with Crippen LogP contribution in [0.3, 0.4) is 0 Å². The highest BCUT2D eigenvalue weighted by atomic mass is 16.3. The van der Waals surface area contributed by atoms with Gasteiger partial charge in [0, 0.05) is 17.4 Å². The third-order valence-corrected chi connectivity index (χ3v) is 2.19. The largest absolute Gasteiger partial charge is 0.508 e. The van der Waals surface area contributed by atoms with Crippen molar-refractivity contribution in [2.45, 2.75) is 0 Å². The lowest BCUT2D eigenvalue weighted by atomic mass is 10.2. The molecule has 4 nitrogen and oxygen atoms in total. The Hall–Kier alpha value is -2.36. The lowest BCUT2D eigenvalue weighted by Gasteiger charge is -2.07. The van der Waals surface area contributed by atoms with Crippen molar-refractivity contribution in [2.75, 3.05) is 11.1 Å². The number of nitrogens with one attached hydrogen (secondary N) is 1. The second-order valence-corrected chi connectivity index (χ2v) is 3.45. The molecule has 2 aromatic carbocycles. The van der Waals surface area contributed by atoms with Crippen LogP contribution in [0.5, 0.6) is 11.5 Å². The highest BCUT2D eigenvalue weighted by Crippen LogP contribution is 2.26. The molecule has 0 saturated heterocycles. The Balaban J connectivity index is 2.20. The molecule has 0 saturated carbocycles. The molecule has 0 aromatic heterocycles. The zero-order chi connectivity index (χ0) is 11.5. The van der Waals surface area contributed by atoms with Gasteiger partial charge in [0.1, 0.15) is 11.5 Å². The summed E-state index contributed by atoms with van der Waals surface area (Å²) < 4.78 is 0. The number of hydrogen-bond donors (Lipinski definition) is 4. The molecule has 0 aliphatic rings. The molecule has 2 aromatic rings. The number of nitrogens with two attached hydrogens (primary N) is 1. The molecule has 0 bridgehead atoms. The fraction of sp³-hybridized carbons (Fsp3) is 0. The van der Waals surface area contributed by atoms with Gasteiger partial charge in [-0.15, -0.1) is 0 Å². The van der Waals surface area contributed by atoms with Crippen LogP contribution in [0.25, 0.3) is 0 Å². The van der Waals surface area contributed by atoms with E-state index in [1.54, 1.807) is 42.5 Å². The Bertz CT molecular complexity index is 495. The molecule has 0 heterocycles. The summed E-state index contributed by atoms with van der Waals surface area (Å²) in [6, 6.07) is 11.6. The van der Waals surface area contributed by atoms with Gasteiger partial charge in [0.25, 0.3) is 0 Å². The van der Waals surface area contributed by atoms with Crippen LogP contribution in [0.4, 0.5) is 17.1 Å². The van der Waals surface area contributed by atoms with Gasteiger partial charge in [0.2, 0.25) is 0 Å². The van der Waals surface area contributed by atoms with Crippen molar-refractivity contribution in [3.05, 3.63) is 42.5 Å². The van der Waals surface area contributed by atoms with Gasteiger partial charge in [0.15, 0.2) is 0 Å². The first-order chi connectivity index (χ1) is 7.65. The number of hydrogen-bond acceptors (Lipinski definition) is 4. The van der Waals surface area contributed by atoms with Gasteiger partial charge in [0.05, 0.1) is 5.69 Å². The minimum Gasteiger partial charge on any atom is -0.508 e. The smallest absolute Gasteiger partial charge is 0.140 e. The predicted molar refractivity (Wildman–Crippen MR) is 63.9 cm³/mol. The number of phenols is 2. The molecule has 16 heavy (non-hydrogen) atoms. The van der Waals surface area contributed by atoms with Crippen LogP contribution in [0.1, 0.15) is 0 Å². The number of anilines is 3. The van der Waals surface area contributed by atoms with Crippen molar-refractivity contribution in [1.82, 2.24) is 0 Å². The van der Waals surface area contributed by atoms with E-state index in [4.69, 9.17) is 10.8 Å². The molecular formula is C12H12N2O2. The molecule has 0 atom stereocenters. The molecule has 0 spiro atoms. The maximum absolute atomic E-state index is 9.42. The molecule has 0 radical (unpaired) electrons. The maximum Gasteiger partial charge on any atom is 0.140 e. The van der Waals surface area contributed by atoms with E-state index in [2.05, 4.69) is 5.32 Å². The van der Waals surface area contributed by atoms with Gasteiger partial charge in [-0.05, 0) is 36.4 Å². The topological polar surface area (TPSA) is 78.5 Å². The van der Waals surface area contributed by atoms with Gasteiger partial charge in [-0.3, -0.25) is 0 Å². The van der Waals surface area contributed by atoms with Crippen LogP contribution in [0.2, 0.25) is 0 Å². The fourth-order valence-electron chi connectivity index (χ4n) is 1.33. The summed E-state index contributed by atoms with van der Waals surface area (Å²) >= 11 is 0. The van der Waals surface area contributed by atoms with Crippen molar-refractivity contribution in [3.63, 3.8) is 0 Å². The van der Waals surface area contributed by atoms with Crippen LogP contribution in [0, 0.1) is 0 Å². The molecule has 0 aliphatic heterocycles. The van der Waals surface area contributed by atoms with E-state index in [0.717, 1.165) is 11.4 Å². The first-order valence-electron chi connectivity index (χ1n) is 4.80. The monoisotopic (exact) mass is 216 g/mol. The molecule has 5 N–H and O–H groups in total. The first-order valence-corrected chi connectivity index (χ1v) is 4.80. The van der Waals surface area contributed by atoms with Crippen LogP contribution >= 0.6 is 0 Å².